The maximum Gasteiger partial charge on any atom is 0.227 e. The van der Waals surface area contributed by atoms with Crippen molar-refractivity contribution < 1.29 is 9.53 Å². The van der Waals surface area contributed by atoms with Crippen LogP contribution in [-0.4, -0.2) is 59.1 Å². The smallest absolute Gasteiger partial charge is 0.227 e. The van der Waals surface area contributed by atoms with Gasteiger partial charge in [-0.05, 0) is 25.7 Å². The minimum absolute atomic E-state index is 0.181. The molecule has 2 atom stereocenters. The van der Waals surface area contributed by atoms with Crippen LogP contribution in [0.2, 0.25) is 0 Å². The minimum Gasteiger partial charge on any atom is -0.381 e. The van der Waals surface area contributed by atoms with Crippen LogP contribution in [0.1, 0.15) is 31.4 Å². The van der Waals surface area contributed by atoms with Gasteiger partial charge in [-0.1, -0.05) is 0 Å². The van der Waals surface area contributed by atoms with E-state index in [9.17, 15) is 4.79 Å². The van der Waals surface area contributed by atoms with Gasteiger partial charge in [0, 0.05) is 43.8 Å². The van der Waals surface area contributed by atoms with Crippen LogP contribution in [0.25, 0.3) is 0 Å². The first kappa shape index (κ1) is 14.6. The molecule has 0 aromatic carbocycles. The van der Waals surface area contributed by atoms with E-state index in [0.717, 1.165) is 57.7 Å². The highest BCUT2D eigenvalue weighted by molar-refractivity contribution is 7.07. The van der Waals surface area contributed by atoms with E-state index in [1.54, 1.807) is 11.3 Å². The number of rotatable bonds is 3. The quantitative estimate of drug-likeness (QED) is 0.851. The lowest BCUT2D eigenvalue weighted by Crippen LogP contribution is -2.48. The first-order chi connectivity index (χ1) is 10.8. The molecule has 0 aliphatic carbocycles. The summed E-state index contributed by atoms with van der Waals surface area (Å²) in [4.78, 5) is 21.8. The predicted octanol–water partition coefficient (Wildman–Crippen LogP) is 1.74. The molecule has 0 spiro atoms. The van der Waals surface area contributed by atoms with Crippen LogP contribution in [0.5, 0.6) is 0 Å². The molecule has 0 unspecified atom stereocenters. The van der Waals surface area contributed by atoms with Crippen LogP contribution < -0.4 is 0 Å². The van der Waals surface area contributed by atoms with Crippen molar-refractivity contribution in [2.75, 3.05) is 26.3 Å². The first-order valence-electron chi connectivity index (χ1n) is 8.30. The lowest BCUT2D eigenvalue weighted by molar-refractivity contribution is -0.140. The van der Waals surface area contributed by atoms with Crippen molar-refractivity contribution in [3.05, 3.63) is 16.6 Å². The summed E-state index contributed by atoms with van der Waals surface area (Å²) in [6.07, 6.45) is 4.41. The van der Waals surface area contributed by atoms with Crippen molar-refractivity contribution in [3.63, 3.8) is 0 Å². The number of nitrogens with zero attached hydrogens (tertiary/aromatic N) is 3. The second kappa shape index (κ2) is 6.26. The van der Waals surface area contributed by atoms with E-state index >= 15 is 0 Å². The average molecular weight is 321 g/mol. The Morgan fingerprint density at radius 3 is 2.82 bits per heavy atom. The van der Waals surface area contributed by atoms with E-state index in [1.807, 2.05) is 5.51 Å². The highest BCUT2D eigenvalue weighted by Gasteiger charge is 2.42. The topological polar surface area (TPSA) is 45.7 Å². The van der Waals surface area contributed by atoms with E-state index < -0.39 is 0 Å². The summed E-state index contributed by atoms with van der Waals surface area (Å²) < 4.78 is 5.49. The van der Waals surface area contributed by atoms with Crippen molar-refractivity contribution in [2.45, 2.75) is 44.3 Å². The van der Waals surface area contributed by atoms with Gasteiger partial charge in [-0.3, -0.25) is 9.69 Å². The molecule has 4 aliphatic heterocycles. The number of carbonyl (C=O) groups excluding carboxylic acids is 1. The molecule has 2 bridgehead atoms. The van der Waals surface area contributed by atoms with Crippen LogP contribution in [0.3, 0.4) is 0 Å². The summed E-state index contributed by atoms with van der Waals surface area (Å²) in [7, 11) is 0. The van der Waals surface area contributed by atoms with Crippen LogP contribution in [-0.2, 0) is 16.1 Å². The fraction of sp³-hybridized carbons (Fsp3) is 0.750. The molecule has 0 N–H and O–H groups in total. The Bertz CT molecular complexity index is 515. The molecule has 5 nitrogen and oxygen atoms in total. The van der Waals surface area contributed by atoms with Gasteiger partial charge in [0.25, 0.3) is 0 Å². The zero-order valence-corrected chi connectivity index (χ0v) is 13.6. The van der Waals surface area contributed by atoms with Gasteiger partial charge >= 0.3 is 0 Å². The third-order valence-electron chi connectivity index (χ3n) is 5.34. The molecule has 5 rings (SSSR count). The van der Waals surface area contributed by atoms with E-state index in [-0.39, 0.29) is 5.92 Å². The molecule has 22 heavy (non-hydrogen) atoms. The molecule has 6 heteroatoms. The summed E-state index contributed by atoms with van der Waals surface area (Å²) in [6, 6.07) is 0.958. The van der Waals surface area contributed by atoms with Crippen LogP contribution in [0.4, 0.5) is 0 Å². The van der Waals surface area contributed by atoms with Gasteiger partial charge in [0.05, 0.1) is 23.7 Å². The molecule has 1 amide bonds. The van der Waals surface area contributed by atoms with Gasteiger partial charge in [-0.15, -0.1) is 11.3 Å². The van der Waals surface area contributed by atoms with Crippen molar-refractivity contribution in [2.24, 2.45) is 5.92 Å². The first-order valence-corrected chi connectivity index (χ1v) is 9.25. The van der Waals surface area contributed by atoms with Gasteiger partial charge in [0.2, 0.25) is 5.91 Å². The molecule has 4 fully saturated rings. The predicted molar refractivity (Wildman–Crippen MR) is 84.6 cm³/mol. The molecule has 1 aromatic heterocycles. The fourth-order valence-electron chi connectivity index (χ4n) is 4.12. The van der Waals surface area contributed by atoms with Crippen molar-refractivity contribution in [3.8, 4) is 0 Å². The Kier molecular flexibility index (Phi) is 4.15. The number of aromatic nitrogens is 1. The Labute approximate surface area is 135 Å². The standard InChI is InChI=1S/C16H23N3O2S/c20-16-12-1-2-15(19(16)8-13-10-22-11-17-13)9-18(7-12)14-3-5-21-6-4-14/h10-12,14-15H,1-9H2/t12-,15+/m1/s1. The zero-order valence-electron chi connectivity index (χ0n) is 12.8. The summed E-state index contributed by atoms with van der Waals surface area (Å²) in [6.45, 7) is 4.38. The van der Waals surface area contributed by atoms with Gasteiger partial charge in [0.15, 0.2) is 0 Å². The highest BCUT2D eigenvalue weighted by Crippen LogP contribution is 2.32. The number of carbonyl (C=O) groups is 1. The second-order valence-electron chi connectivity index (χ2n) is 6.67. The van der Waals surface area contributed by atoms with Crippen molar-refractivity contribution in [1.29, 1.82) is 0 Å². The van der Waals surface area contributed by atoms with Crippen LogP contribution in [0.15, 0.2) is 10.9 Å². The van der Waals surface area contributed by atoms with Gasteiger partial charge in [0.1, 0.15) is 0 Å². The number of hydrogen-bond donors (Lipinski definition) is 0. The molecule has 0 saturated carbocycles. The molecule has 1 aromatic rings. The highest BCUT2D eigenvalue weighted by atomic mass is 32.1. The lowest BCUT2D eigenvalue weighted by atomic mass is 9.94. The molecule has 0 radical (unpaired) electrons. The van der Waals surface area contributed by atoms with Crippen molar-refractivity contribution in [1.82, 2.24) is 14.8 Å². The molecule has 4 aliphatic rings. The van der Waals surface area contributed by atoms with E-state index in [2.05, 4.69) is 20.2 Å². The SMILES string of the molecule is O=C1[C@@H]2CC[C@@H](CN(C3CCOCC3)C2)N1Cc1cscn1. The van der Waals surface area contributed by atoms with Crippen molar-refractivity contribution >= 4 is 17.2 Å². The van der Waals surface area contributed by atoms with E-state index in [0.29, 0.717) is 24.5 Å². The molecule has 5 heterocycles. The Morgan fingerprint density at radius 1 is 1.18 bits per heavy atom. The molecular weight excluding hydrogens is 298 g/mol. The average Bonchev–Trinajstić information content (AvgIpc) is 2.92. The van der Waals surface area contributed by atoms with Gasteiger partial charge < -0.3 is 9.64 Å². The largest absolute Gasteiger partial charge is 0.381 e. The normalized spacial score (nSPS) is 30.7. The maximum absolute atomic E-state index is 12.8. The number of amides is 1. The summed E-state index contributed by atoms with van der Waals surface area (Å²) in [5.74, 6) is 0.527. The van der Waals surface area contributed by atoms with Crippen LogP contribution >= 0.6 is 11.3 Å². The molecular formula is C16H23N3O2S. The number of hydrogen-bond acceptors (Lipinski definition) is 5. The van der Waals surface area contributed by atoms with E-state index in [1.165, 1.54) is 0 Å². The summed E-state index contributed by atoms with van der Waals surface area (Å²) in [5, 5.41) is 2.06. The summed E-state index contributed by atoms with van der Waals surface area (Å²) in [5.41, 5.74) is 2.88. The van der Waals surface area contributed by atoms with Crippen LogP contribution in [0, 0.1) is 5.92 Å². The van der Waals surface area contributed by atoms with E-state index in [4.69, 9.17) is 4.74 Å². The van der Waals surface area contributed by atoms with Gasteiger partial charge in [-0.25, -0.2) is 4.98 Å². The fourth-order valence-corrected chi connectivity index (χ4v) is 4.67. The number of fused-ring (bicyclic) bond motifs is 4. The Hall–Kier alpha value is -0.980. The second-order valence-corrected chi connectivity index (χ2v) is 7.39. The monoisotopic (exact) mass is 321 g/mol. The Morgan fingerprint density at radius 2 is 2.05 bits per heavy atom. The number of thiazole rings is 1. The maximum atomic E-state index is 12.8. The number of ether oxygens (including phenoxy) is 1. The minimum atomic E-state index is 0.181. The molecule has 120 valence electrons. The third-order valence-corrected chi connectivity index (χ3v) is 5.98. The summed E-state index contributed by atoms with van der Waals surface area (Å²) >= 11 is 1.60. The zero-order chi connectivity index (χ0) is 14.9. The molecule has 4 saturated heterocycles. The third kappa shape index (κ3) is 2.79. The van der Waals surface area contributed by atoms with Gasteiger partial charge in [-0.2, -0.15) is 0 Å². The lowest BCUT2D eigenvalue weighted by Gasteiger charge is -2.36. The number of piperidine rings is 1. The Balaban J connectivity index is 1.50.